The number of likely N-dealkylation sites (tertiary alicyclic amines) is 1. The molecule has 1 saturated heterocycles. The molecule has 2 heteroatoms. The SMILES string of the molecule is CCC1CCCC(NC(C)CN2CCCCC2)C1. The Bertz CT molecular complexity index is 223. The van der Waals surface area contributed by atoms with E-state index in [0.29, 0.717) is 6.04 Å². The number of hydrogen-bond acceptors (Lipinski definition) is 2. The molecule has 1 N–H and O–H groups in total. The lowest BCUT2D eigenvalue weighted by Crippen LogP contribution is -2.46. The first-order valence-electron chi connectivity index (χ1n) is 8.26. The molecule has 3 atom stereocenters. The fraction of sp³-hybridized carbons (Fsp3) is 1.00. The van der Waals surface area contributed by atoms with Crippen LogP contribution in [0.5, 0.6) is 0 Å². The van der Waals surface area contributed by atoms with Crippen LogP contribution in [0.15, 0.2) is 0 Å². The molecule has 1 saturated carbocycles. The molecule has 0 spiro atoms. The molecule has 1 heterocycles. The maximum atomic E-state index is 3.89. The maximum Gasteiger partial charge on any atom is 0.0169 e. The van der Waals surface area contributed by atoms with Gasteiger partial charge in [-0.3, -0.25) is 0 Å². The predicted octanol–water partition coefficient (Wildman–Crippen LogP) is 3.42. The minimum absolute atomic E-state index is 0.670. The largest absolute Gasteiger partial charge is 0.310 e. The van der Waals surface area contributed by atoms with Gasteiger partial charge in [0.2, 0.25) is 0 Å². The Kier molecular flexibility index (Phi) is 5.97. The normalized spacial score (nSPS) is 32.3. The molecule has 2 rings (SSSR count). The third-order valence-corrected chi connectivity index (χ3v) is 4.86. The van der Waals surface area contributed by atoms with Gasteiger partial charge in [-0.1, -0.05) is 32.6 Å². The number of nitrogens with zero attached hydrogens (tertiary/aromatic N) is 1. The second kappa shape index (κ2) is 7.49. The van der Waals surface area contributed by atoms with Crippen LogP contribution >= 0.6 is 0 Å². The third kappa shape index (κ3) is 4.55. The van der Waals surface area contributed by atoms with Crippen molar-refractivity contribution in [1.29, 1.82) is 0 Å². The molecule has 3 unspecified atom stereocenters. The Hall–Kier alpha value is -0.0800. The molecule has 2 nitrogen and oxygen atoms in total. The fourth-order valence-corrected chi connectivity index (χ4v) is 3.80. The molecule has 0 amide bonds. The molecule has 106 valence electrons. The van der Waals surface area contributed by atoms with Crippen molar-refractivity contribution in [3.63, 3.8) is 0 Å². The molecule has 2 fully saturated rings. The standard InChI is InChI=1S/C16H32N2/c1-3-15-8-7-9-16(12-15)17-14(2)13-18-10-5-4-6-11-18/h14-17H,3-13H2,1-2H3. The van der Waals surface area contributed by atoms with Gasteiger partial charge in [-0.25, -0.2) is 0 Å². The van der Waals surface area contributed by atoms with Crippen LogP contribution in [0.4, 0.5) is 0 Å². The van der Waals surface area contributed by atoms with Gasteiger partial charge in [0.25, 0.3) is 0 Å². The van der Waals surface area contributed by atoms with E-state index in [9.17, 15) is 0 Å². The highest BCUT2D eigenvalue weighted by atomic mass is 15.2. The molecule has 0 radical (unpaired) electrons. The lowest BCUT2D eigenvalue weighted by molar-refractivity contribution is 0.191. The number of nitrogens with one attached hydrogen (secondary N) is 1. The summed E-state index contributed by atoms with van der Waals surface area (Å²) in [6.45, 7) is 8.64. The van der Waals surface area contributed by atoms with E-state index in [1.807, 2.05) is 0 Å². The summed E-state index contributed by atoms with van der Waals surface area (Å²) in [6, 6.07) is 1.46. The molecular weight excluding hydrogens is 220 g/mol. The molecule has 0 bridgehead atoms. The highest BCUT2D eigenvalue weighted by Crippen LogP contribution is 2.26. The van der Waals surface area contributed by atoms with Gasteiger partial charge < -0.3 is 10.2 Å². The van der Waals surface area contributed by atoms with Gasteiger partial charge in [0.15, 0.2) is 0 Å². The lowest BCUT2D eigenvalue weighted by Gasteiger charge is -2.34. The lowest BCUT2D eigenvalue weighted by atomic mass is 9.84. The Morgan fingerprint density at radius 1 is 1.11 bits per heavy atom. The van der Waals surface area contributed by atoms with Crippen molar-refractivity contribution >= 4 is 0 Å². The molecule has 1 aliphatic heterocycles. The quantitative estimate of drug-likeness (QED) is 0.806. The van der Waals surface area contributed by atoms with Gasteiger partial charge >= 0.3 is 0 Å². The van der Waals surface area contributed by atoms with E-state index in [1.54, 1.807) is 0 Å². The highest BCUT2D eigenvalue weighted by Gasteiger charge is 2.22. The van der Waals surface area contributed by atoms with Crippen LogP contribution in [0.3, 0.4) is 0 Å². The van der Waals surface area contributed by atoms with Crippen molar-refractivity contribution in [2.75, 3.05) is 19.6 Å². The van der Waals surface area contributed by atoms with E-state index in [-0.39, 0.29) is 0 Å². The second-order valence-electron chi connectivity index (χ2n) is 6.57. The van der Waals surface area contributed by atoms with E-state index in [4.69, 9.17) is 0 Å². The molecule has 18 heavy (non-hydrogen) atoms. The fourth-order valence-electron chi connectivity index (χ4n) is 3.80. The van der Waals surface area contributed by atoms with Crippen LogP contribution in [-0.4, -0.2) is 36.6 Å². The Morgan fingerprint density at radius 3 is 2.61 bits per heavy atom. The Morgan fingerprint density at radius 2 is 1.89 bits per heavy atom. The second-order valence-corrected chi connectivity index (χ2v) is 6.57. The van der Waals surface area contributed by atoms with Crippen molar-refractivity contribution < 1.29 is 0 Å². The van der Waals surface area contributed by atoms with Gasteiger partial charge in [0, 0.05) is 18.6 Å². The van der Waals surface area contributed by atoms with Crippen molar-refractivity contribution in [2.45, 2.75) is 77.3 Å². The van der Waals surface area contributed by atoms with Gasteiger partial charge in [-0.05, 0) is 51.6 Å². The molecule has 0 aromatic carbocycles. The van der Waals surface area contributed by atoms with E-state index in [1.165, 1.54) is 71.0 Å². The third-order valence-electron chi connectivity index (χ3n) is 4.86. The summed E-state index contributed by atoms with van der Waals surface area (Å²) >= 11 is 0. The number of piperidine rings is 1. The van der Waals surface area contributed by atoms with Crippen molar-refractivity contribution in [1.82, 2.24) is 10.2 Å². The van der Waals surface area contributed by atoms with Crippen molar-refractivity contribution in [3.05, 3.63) is 0 Å². The van der Waals surface area contributed by atoms with Crippen molar-refractivity contribution in [3.8, 4) is 0 Å². The van der Waals surface area contributed by atoms with Crippen LogP contribution in [-0.2, 0) is 0 Å². The van der Waals surface area contributed by atoms with Crippen LogP contribution in [0.25, 0.3) is 0 Å². The first kappa shape index (κ1) is 14.3. The zero-order chi connectivity index (χ0) is 12.8. The van der Waals surface area contributed by atoms with E-state index >= 15 is 0 Å². The first-order chi connectivity index (χ1) is 8.78. The van der Waals surface area contributed by atoms with Gasteiger partial charge in [0.1, 0.15) is 0 Å². The highest BCUT2D eigenvalue weighted by molar-refractivity contribution is 4.81. The first-order valence-corrected chi connectivity index (χ1v) is 8.26. The van der Waals surface area contributed by atoms with Crippen LogP contribution in [0.1, 0.15) is 65.2 Å². The van der Waals surface area contributed by atoms with E-state index in [0.717, 1.165) is 12.0 Å². The minimum Gasteiger partial charge on any atom is -0.310 e. The van der Waals surface area contributed by atoms with Crippen molar-refractivity contribution in [2.24, 2.45) is 5.92 Å². The average molecular weight is 252 g/mol. The minimum atomic E-state index is 0.670. The van der Waals surface area contributed by atoms with E-state index in [2.05, 4.69) is 24.1 Å². The molecule has 2 aliphatic rings. The Labute approximate surface area is 114 Å². The van der Waals surface area contributed by atoms with Gasteiger partial charge in [0.05, 0.1) is 0 Å². The predicted molar refractivity (Wildman–Crippen MR) is 78.9 cm³/mol. The Balaban J connectivity index is 1.67. The summed E-state index contributed by atoms with van der Waals surface area (Å²) in [6.07, 6.45) is 11.4. The molecule has 1 aliphatic carbocycles. The summed E-state index contributed by atoms with van der Waals surface area (Å²) < 4.78 is 0. The van der Waals surface area contributed by atoms with Gasteiger partial charge in [-0.15, -0.1) is 0 Å². The topological polar surface area (TPSA) is 15.3 Å². The average Bonchev–Trinajstić information content (AvgIpc) is 2.40. The van der Waals surface area contributed by atoms with E-state index < -0.39 is 0 Å². The zero-order valence-electron chi connectivity index (χ0n) is 12.5. The molecular formula is C16H32N2. The van der Waals surface area contributed by atoms with Crippen LogP contribution in [0.2, 0.25) is 0 Å². The smallest absolute Gasteiger partial charge is 0.0169 e. The van der Waals surface area contributed by atoms with Gasteiger partial charge in [-0.2, -0.15) is 0 Å². The maximum absolute atomic E-state index is 3.89. The number of hydrogen-bond donors (Lipinski definition) is 1. The molecule has 0 aromatic heterocycles. The summed E-state index contributed by atoms with van der Waals surface area (Å²) in [5, 5.41) is 3.89. The summed E-state index contributed by atoms with van der Waals surface area (Å²) in [4.78, 5) is 2.65. The zero-order valence-corrected chi connectivity index (χ0v) is 12.5. The summed E-state index contributed by atoms with van der Waals surface area (Å²) in [5.74, 6) is 0.985. The summed E-state index contributed by atoms with van der Waals surface area (Å²) in [7, 11) is 0. The van der Waals surface area contributed by atoms with Crippen LogP contribution < -0.4 is 5.32 Å². The monoisotopic (exact) mass is 252 g/mol. The number of rotatable bonds is 5. The molecule has 0 aromatic rings. The summed E-state index contributed by atoms with van der Waals surface area (Å²) in [5.41, 5.74) is 0. The van der Waals surface area contributed by atoms with Crippen LogP contribution in [0, 0.1) is 5.92 Å².